The van der Waals surface area contributed by atoms with E-state index in [0.717, 1.165) is 11.1 Å². The molecule has 0 radical (unpaired) electrons. The second-order valence-corrected chi connectivity index (χ2v) is 3.97. The monoisotopic (exact) mass is 225 g/mol. The maximum atomic E-state index is 11.2. The Labute approximate surface area is 101 Å². The molecule has 0 unspecified atom stereocenters. The first-order valence-electron chi connectivity index (χ1n) is 5.57. The summed E-state index contributed by atoms with van der Waals surface area (Å²) >= 11 is 0. The number of aliphatic carboxylic acids is 1. The molecule has 2 aromatic carbocycles. The third-order valence-corrected chi connectivity index (χ3v) is 2.77. The molecule has 0 N–H and O–H groups in total. The zero-order valence-corrected chi connectivity index (χ0v) is 9.37. The van der Waals surface area contributed by atoms with E-state index in [0.29, 0.717) is 6.42 Å². The number of hydrogen-bond donors (Lipinski definition) is 0. The van der Waals surface area contributed by atoms with Crippen LogP contribution in [0.2, 0.25) is 0 Å². The van der Waals surface area contributed by atoms with Crippen molar-refractivity contribution in [3.05, 3.63) is 71.8 Å². The van der Waals surface area contributed by atoms with Gasteiger partial charge in [-0.05, 0) is 17.5 Å². The van der Waals surface area contributed by atoms with Crippen LogP contribution in [0.15, 0.2) is 60.7 Å². The van der Waals surface area contributed by atoms with Gasteiger partial charge < -0.3 is 9.90 Å². The van der Waals surface area contributed by atoms with Gasteiger partial charge in [-0.15, -0.1) is 0 Å². The van der Waals surface area contributed by atoms with Gasteiger partial charge >= 0.3 is 0 Å². The summed E-state index contributed by atoms with van der Waals surface area (Å²) in [7, 11) is 0. The fourth-order valence-corrected chi connectivity index (χ4v) is 1.87. The third-order valence-electron chi connectivity index (χ3n) is 2.77. The Morgan fingerprint density at radius 1 is 0.941 bits per heavy atom. The lowest BCUT2D eigenvalue weighted by atomic mass is 9.92. The largest absolute Gasteiger partial charge is 0.549 e. The highest BCUT2D eigenvalue weighted by Crippen LogP contribution is 2.20. The number of rotatable bonds is 4. The van der Waals surface area contributed by atoms with Gasteiger partial charge in [0.15, 0.2) is 0 Å². The summed E-state index contributed by atoms with van der Waals surface area (Å²) in [4.78, 5) is 11.2. The molecule has 2 heteroatoms. The predicted octanol–water partition coefficient (Wildman–Crippen LogP) is 1.76. The molecule has 2 rings (SSSR count). The van der Waals surface area contributed by atoms with Crippen LogP contribution in [0.25, 0.3) is 0 Å². The molecule has 2 nitrogen and oxygen atoms in total. The van der Waals surface area contributed by atoms with Crippen LogP contribution in [0.3, 0.4) is 0 Å². The summed E-state index contributed by atoms with van der Waals surface area (Å²) in [5.41, 5.74) is 1.79. The molecule has 0 aliphatic carbocycles. The highest BCUT2D eigenvalue weighted by atomic mass is 16.4. The van der Waals surface area contributed by atoms with Crippen molar-refractivity contribution in [2.75, 3.05) is 0 Å². The fraction of sp³-hybridized carbons (Fsp3) is 0.133. The molecule has 0 heterocycles. The maximum absolute atomic E-state index is 11.2. The molecular weight excluding hydrogens is 212 g/mol. The van der Waals surface area contributed by atoms with Gasteiger partial charge in [-0.1, -0.05) is 60.7 Å². The molecule has 0 saturated heterocycles. The smallest absolute Gasteiger partial charge is 0.0492 e. The van der Waals surface area contributed by atoms with E-state index in [9.17, 15) is 9.90 Å². The van der Waals surface area contributed by atoms with Crippen molar-refractivity contribution >= 4 is 5.97 Å². The first kappa shape index (κ1) is 11.4. The third kappa shape index (κ3) is 2.94. The number of carboxylic acids is 1. The van der Waals surface area contributed by atoms with Crippen LogP contribution in [0.5, 0.6) is 0 Å². The molecule has 1 atom stereocenters. The minimum Gasteiger partial charge on any atom is -0.549 e. The van der Waals surface area contributed by atoms with Crippen LogP contribution in [0.4, 0.5) is 0 Å². The number of benzene rings is 2. The summed E-state index contributed by atoms with van der Waals surface area (Å²) in [5, 5.41) is 11.2. The molecule has 0 aromatic heterocycles. The van der Waals surface area contributed by atoms with E-state index < -0.39 is 11.9 Å². The first-order chi connectivity index (χ1) is 8.27. The number of carboxylic acid groups (broad SMARTS) is 1. The summed E-state index contributed by atoms with van der Waals surface area (Å²) in [6.45, 7) is 0. The molecule has 2 aromatic rings. The molecule has 0 saturated carbocycles. The van der Waals surface area contributed by atoms with Gasteiger partial charge in [0.05, 0.1) is 0 Å². The molecule has 86 valence electrons. The standard InChI is InChI=1S/C15H14O2/c16-15(17)14(13-9-5-2-6-10-13)11-12-7-3-1-4-8-12/h1-10,14H,11H2,(H,16,17)/p-1/t14-/m1/s1. The van der Waals surface area contributed by atoms with E-state index in [1.165, 1.54) is 0 Å². The van der Waals surface area contributed by atoms with Crippen molar-refractivity contribution in [2.45, 2.75) is 12.3 Å². The van der Waals surface area contributed by atoms with Gasteiger partial charge in [-0.2, -0.15) is 0 Å². The average molecular weight is 225 g/mol. The van der Waals surface area contributed by atoms with Gasteiger partial charge in [0.2, 0.25) is 0 Å². The lowest BCUT2D eigenvalue weighted by Crippen LogP contribution is -2.31. The number of carbonyl (C=O) groups is 1. The molecule has 0 aliphatic rings. The van der Waals surface area contributed by atoms with E-state index in [4.69, 9.17) is 0 Å². The summed E-state index contributed by atoms with van der Waals surface area (Å²) < 4.78 is 0. The van der Waals surface area contributed by atoms with Gasteiger partial charge in [-0.25, -0.2) is 0 Å². The number of carbonyl (C=O) groups excluding carboxylic acids is 1. The minimum absolute atomic E-state index is 0.465. The second kappa shape index (κ2) is 5.30. The van der Waals surface area contributed by atoms with E-state index in [1.54, 1.807) is 0 Å². The molecule has 0 aliphatic heterocycles. The normalized spacial score (nSPS) is 12.0. The van der Waals surface area contributed by atoms with E-state index in [2.05, 4.69) is 0 Å². The quantitative estimate of drug-likeness (QED) is 0.795. The van der Waals surface area contributed by atoms with E-state index >= 15 is 0 Å². The van der Waals surface area contributed by atoms with Crippen LogP contribution in [0.1, 0.15) is 17.0 Å². The Balaban J connectivity index is 2.23. The minimum atomic E-state index is -1.03. The highest BCUT2D eigenvalue weighted by molar-refractivity contribution is 5.74. The second-order valence-electron chi connectivity index (χ2n) is 3.97. The highest BCUT2D eigenvalue weighted by Gasteiger charge is 2.12. The number of hydrogen-bond acceptors (Lipinski definition) is 2. The zero-order chi connectivity index (χ0) is 12.1. The van der Waals surface area contributed by atoms with E-state index in [-0.39, 0.29) is 0 Å². The summed E-state index contributed by atoms with van der Waals surface area (Å²) in [5.74, 6) is -1.61. The Bertz CT molecular complexity index is 477. The van der Waals surface area contributed by atoms with Crippen molar-refractivity contribution in [3.63, 3.8) is 0 Å². The summed E-state index contributed by atoms with van der Waals surface area (Å²) in [6, 6.07) is 18.8. The van der Waals surface area contributed by atoms with Crippen LogP contribution in [-0.2, 0) is 11.2 Å². The molecule has 0 spiro atoms. The predicted molar refractivity (Wildman–Crippen MR) is 64.3 cm³/mol. The topological polar surface area (TPSA) is 40.1 Å². The van der Waals surface area contributed by atoms with Crippen molar-refractivity contribution in [3.8, 4) is 0 Å². The van der Waals surface area contributed by atoms with Crippen LogP contribution in [-0.4, -0.2) is 5.97 Å². The molecular formula is C15H13O2-. The molecule has 17 heavy (non-hydrogen) atoms. The van der Waals surface area contributed by atoms with Crippen LogP contribution >= 0.6 is 0 Å². The fourth-order valence-electron chi connectivity index (χ4n) is 1.87. The average Bonchev–Trinajstić information content (AvgIpc) is 2.38. The van der Waals surface area contributed by atoms with E-state index in [1.807, 2.05) is 60.7 Å². The Morgan fingerprint density at radius 2 is 1.47 bits per heavy atom. The van der Waals surface area contributed by atoms with Gasteiger partial charge in [0.1, 0.15) is 0 Å². The Morgan fingerprint density at radius 3 is 2.00 bits per heavy atom. The zero-order valence-electron chi connectivity index (χ0n) is 9.37. The first-order valence-corrected chi connectivity index (χ1v) is 5.57. The van der Waals surface area contributed by atoms with Crippen LogP contribution < -0.4 is 5.11 Å². The molecule has 0 bridgehead atoms. The lowest BCUT2D eigenvalue weighted by Gasteiger charge is -2.18. The Kier molecular flexibility index (Phi) is 3.55. The SMILES string of the molecule is O=C([O-])[C@H](Cc1ccccc1)c1ccccc1. The van der Waals surface area contributed by atoms with Gasteiger partial charge in [0.25, 0.3) is 0 Å². The lowest BCUT2D eigenvalue weighted by molar-refractivity contribution is -0.308. The van der Waals surface area contributed by atoms with Crippen LogP contribution in [0, 0.1) is 0 Å². The van der Waals surface area contributed by atoms with Gasteiger partial charge in [0, 0.05) is 11.9 Å². The molecule has 0 amide bonds. The summed E-state index contributed by atoms with van der Waals surface area (Å²) in [6.07, 6.45) is 0.465. The van der Waals surface area contributed by atoms with Gasteiger partial charge in [-0.3, -0.25) is 0 Å². The van der Waals surface area contributed by atoms with Crippen molar-refractivity contribution in [1.29, 1.82) is 0 Å². The molecule has 0 fully saturated rings. The Hall–Kier alpha value is -2.09. The van der Waals surface area contributed by atoms with Crippen molar-refractivity contribution in [2.24, 2.45) is 0 Å². The van der Waals surface area contributed by atoms with Crippen molar-refractivity contribution < 1.29 is 9.90 Å². The van der Waals surface area contributed by atoms with Crippen molar-refractivity contribution in [1.82, 2.24) is 0 Å². The maximum Gasteiger partial charge on any atom is 0.0492 e.